The van der Waals surface area contributed by atoms with Crippen molar-refractivity contribution < 1.29 is 0 Å². The molecule has 2 aromatic heterocycles. The Morgan fingerprint density at radius 3 is 2.76 bits per heavy atom. The molecule has 0 aliphatic heterocycles. The highest BCUT2D eigenvalue weighted by Gasteiger charge is 2.16. The number of benzene rings is 1. The van der Waals surface area contributed by atoms with Crippen molar-refractivity contribution in [2.24, 2.45) is 12.9 Å². The molecule has 0 saturated carbocycles. The molecule has 21 heavy (non-hydrogen) atoms. The van der Waals surface area contributed by atoms with Gasteiger partial charge < -0.3 is 4.57 Å². The van der Waals surface area contributed by atoms with E-state index in [9.17, 15) is 0 Å². The van der Waals surface area contributed by atoms with E-state index in [1.807, 2.05) is 38.2 Å². The zero-order valence-corrected chi connectivity index (χ0v) is 12.1. The molecule has 0 saturated heterocycles. The van der Waals surface area contributed by atoms with Gasteiger partial charge in [-0.3, -0.25) is 11.3 Å². The van der Waals surface area contributed by atoms with Gasteiger partial charge in [-0.05, 0) is 25.1 Å². The van der Waals surface area contributed by atoms with Gasteiger partial charge >= 0.3 is 0 Å². The van der Waals surface area contributed by atoms with E-state index in [2.05, 4.69) is 31.0 Å². The summed E-state index contributed by atoms with van der Waals surface area (Å²) < 4.78 is 2.09. The van der Waals surface area contributed by atoms with E-state index in [0.29, 0.717) is 6.42 Å². The van der Waals surface area contributed by atoms with E-state index >= 15 is 0 Å². The van der Waals surface area contributed by atoms with Crippen molar-refractivity contribution in [3.8, 4) is 0 Å². The number of para-hydroxylation sites is 2. The predicted octanol–water partition coefficient (Wildman–Crippen LogP) is 1.42. The second-order valence-corrected chi connectivity index (χ2v) is 5.03. The fourth-order valence-electron chi connectivity index (χ4n) is 2.48. The first-order valence-corrected chi connectivity index (χ1v) is 6.85. The van der Waals surface area contributed by atoms with Crippen LogP contribution in [0.4, 0.5) is 0 Å². The molecular formula is C15H18N6. The first kappa shape index (κ1) is 13.7. The maximum Gasteiger partial charge on any atom is 0.125 e. The Hall–Kier alpha value is -2.31. The average Bonchev–Trinajstić information content (AvgIpc) is 2.81. The third-order valence-electron chi connectivity index (χ3n) is 3.62. The van der Waals surface area contributed by atoms with E-state index in [4.69, 9.17) is 5.84 Å². The number of aryl methyl sites for hydroxylation is 2. The average molecular weight is 282 g/mol. The van der Waals surface area contributed by atoms with Crippen molar-refractivity contribution in [3.63, 3.8) is 0 Å². The third kappa shape index (κ3) is 2.63. The first-order valence-electron chi connectivity index (χ1n) is 6.85. The van der Waals surface area contributed by atoms with E-state index in [1.165, 1.54) is 0 Å². The van der Waals surface area contributed by atoms with E-state index in [-0.39, 0.29) is 6.04 Å². The van der Waals surface area contributed by atoms with Crippen LogP contribution in [0.2, 0.25) is 0 Å². The van der Waals surface area contributed by atoms with Gasteiger partial charge in [0, 0.05) is 19.7 Å². The molecule has 3 N–H and O–H groups in total. The van der Waals surface area contributed by atoms with Crippen molar-refractivity contribution >= 4 is 11.0 Å². The van der Waals surface area contributed by atoms with Gasteiger partial charge in [0.1, 0.15) is 11.6 Å². The quantitative estimate of drug-likeness (QED) is 0.558. The lowest BCUT2D eigenvalue weighted by atomic mass is 10.1. The van der Waals surface area contributed by atoms with Crippen LogP contribution in [0.5, 0.6) is 0 Å². The molecule has 1 atom stereocenters. The fourth-order valence-corrected chi connectivity index (χ4v) is 2.48. The van der Waals surface area contributed by atoms with Gasteiger partial charge in [-0.15, -0.1) is 0 Å². The van der Waals surface area contributed by atoms with E-state index in [0.717, 1.165) is 28.4 Å². The van der Waals surface area contributed by atoms with Crippen LogP contribution < -0.4 is 11.3 Å². The number of imidazole rings is 1. The standard InChI is InChI=1S/C15H18N6/c1-10-17-8-7-11(18-10)13(20-16)9-15-19-12-5-3-4-6-14(12)21(15)2/h3-8,13,20H,9,16H2,1-2H3. The minimum absolute atomic E-state index is 0.0952. The summed E-state index contributed by atoms with van der Waals surface area (Å²) >= 11 is 0. The summed E-state index contributed by atoms with van der Waals surface area (Å²) in [6, 6.07) is 9.86. The Bertz CT molecular complexity index is 764. The summed E-state index contributed by atoms with van der Waals surface area (Å²) in [5.74, 6) is 7.40. The molecule has 3 rings (SSSR count). The van der Waals surface area contributed by atoms with Crippen LogP contribution >= 0.6 is 0 Å². The highest BCUT2D eigenvalue weighted by Crippen LogP contribution is 2.19. The molecule has 0 radical (unpaired) electrons. The molecule has 0 aliphatic rings. The summed E-state index contributed by atoms with van der Waals surface area (Å²) in [5, 5.41) is 0. The molecule has 0 aliphatic carbocycles. The van der Waals surface area contributed by atoms with Crippen molar-refractivity contribution in [1.29, 1.82) is 0 Å². The molecule has 6 nitrogen and oxygen atoms in total. The Labute approximate surface area is 123 Å². The third-order valence-corrected chi connectivity index (χ3v) is 3.62. The highest BCUT2D eigenvalue weighted by atomic mass is 15.2. The van der Waals surface area contributed by atoms with Gasteiger partial charge in [-0.25, -0.2) is 15.0 Å². The molecule has 0 fully saturated rings. The maximum absolute atomic E-state index is 5.70. The second-order valence-electron chi connectivity index (χ2n) is 5.03. The number of nitrogens with two attached hydrogens (primary N) is 1. The Kier molecular flexibility index (Phi) is 3.64. The van der Waals surface area contributed by atoms with Crippen LogP contribution in [0.25, 0.3) is 11.0 Å². The number of hydrazine groups is 1. The smallest absolute Gasteiger partial charge is 0.125 e. The molecule has 2 heterocycles. The molecule has 3 aromatic rings. The van der Waals surface area contributed by atoms with Crippen LogP contribution in [-0.2, 0) is 13.5 Å². The second kappa shape index (κ2) is 5.59. The molecule has 0 spiro atoms. The highest BCUT2D eigenvalue weighted by molar-refractivity contribution is 5.75. The van der Waals surface area contributed by atoms with Gasteiger partial charge in [0.25, 0.3) is 0 Å². The normalized spacial score (nSPS) is 12.7. The molecule has 0 bridgehead atoms. The fraction of sp³-hybridized carbons (Fsp3) is 0.267. The minimum Gasteiger partial charge on any atom is -0.331 e. The van der Waals surface area contributed by atoms with Crippen molar-refractivity contribution in [2.75, 3.05) is 0 Å². The van der Waals surface area contributed by atoms with Gasteiger partial charge in [-0.2, -0.15) is 0 Å². The number of hydrogen-bond donors (Lipinski definition) is 2. The lowest BCUT2D eigenvalue weighted by Crippen LogP contribution is -2.31. The predicted molar refractivity (Wildman–Crippen MR) is 81.3 cm³/mol. The van der Waals surface area contributed by atoms with Gasteiger partial charge in [0.15, 0.2) is 0 Å². The van der Waals surface area contributed by atoms with Crippen LogP contribution in [0, 0.1) is 6.92 Å². The van der Waals surface area contributed by atoms with Gasteiger partial charge in [0.2, 0.25) is 0 Å². The van der Waals surface area contributed by atoms with Crippen LogP contribution in [-0.4, -0.2) is 19.5 Å². The molecule has 1 unspecified atom stereocenters. The summed E-state index contributed by atoms with van der Waals surface area (Å²) in [5.41, 5.74) is 5.80. The van der Waals surface area contributed by atoms with Gasteiger partial charge in [0.05, 0.1) is 22.8 Å². The number of hydrogen-bond acceptors (Lipinski definition) is 5. The molecule has 108 valence electrons. The number of aromatic nitrogens is 4. The van der Waals surface area contributed by atoms with Crippen molar-refractivity contribution in [2.45, 2.75) is 19.4 Å². The van der Waals surface area contributed by atoms with Crippen molar-refractivity contribution in [1.82, 2.24) is 24.9 Å². The molecule has 1 aromatic carbocycles. The van der Waals surface area contributed by atoms with Gasteiger partial charge in [-0.1, -0.05) is 12.1 Å². The van der Waals surface area contributed by atoms with E-state index in [1.54, 1.807) is 6.20 Å². The number of nitrogens with one attached hydrogen (secondary N) is 1. The molecular weight excluding hydrogens is 264 g/mol. The minimum atomic E-state index is -0.0952. The molecule has 6 heteroatoms. The first-order chi connectivity index (χ1) is 10.2. The SMILES string of the molecule is Cc1nccc(C(Cc2nc3ccccc3n2C)NN)n1. The number of nitrogens with zero attached hydrogens (tertiary/aromatic N) is 4. The summed E-state index contributed by atoms with van der Waals surface area (Å²) in [4.78, 5) is 13.2. The Morgan fingerprint density at radius 1 is 1.24 bits per heavy atom. The van der Waals surface area contributed by atoms with Crippen LogP contribution in [0.3, 0.4) is 0 Å². The summed E-state index contributed by atoms with van der Waals surface area (Å²) in [6.45, 7) is 1.87. The number of rotatable bonds is 4. The maximum atomic E-state index is 5.70. The topological polar surface area (TPSA) is 81.7 Å². The van der Waals surface area contributed by atoms with Crippen molar-refractivity contribution in [3.05, 3.63) is 53.9 Å². The summed E-state index contributed by atoms with van der Waals surface area (Å²) in [6.07, 6.45) is 2.41. The lowest BCUT2D eigenvalue weighted by Gasteiger charge is -2.15. The monoisotopic (exact) mass is 282 g/mol. The Balaban J connectivity index is 1.94. The summed E-state index contributed by atoms with van der Waals surface area (Å²) in [7, 11) is 2.02. The largest absolute Gasteiger partial charge is 0.331 e. The molecule has 0 amide bonds. The van der Waals surface area contributed by atoms with Crippen LogP contribution in [0.1, 0.15) is 23.4 Å². The zero-order chi connectivity index (χ0) is 14.8. The number of fused-ring (bicyclic) bond motifs is 1. The van der Waals surface area contributed by atoms with Crippen LogP contribution in [0.15, 0.2) is 36.5 Å². The zero-order valence-electron chi connectivity index (χ0n) is 12.1. The Morgan fingerprint density at radius 2 is 2.05 bits per heavy atom. The van der Waals surface area contributed by atoms with E-state index < -0.39 is 0 Å². The lowest BCUT2D eigenvalue weighted by molar-refractivity contribution is 0.517.